The van der Waals surface area contributed by atoms with Gasteiger partial charge in [0.2, 0.25) is 0 Å². The first-order valence-corrected chi connectivity index (χ1v) is 3.31. The van der Waals surface area contributed by atoms with Crippen LogP contribution in [0.4, 0.5) is 0 Å². The smallest absolute Gasteiger partial charge is 0.335 e. The zero-order valence-electron chi connectivity index (χ0n) is 5.90. The Morgan fingerprint density at radius 3 is 2.00 bits per heavy atom. The van der Waals surface area contributed by atoms with Crippen molar-refractivity contribution in [1.29, 1.82) is 0 Å². The van der Waals surface area contributed by atoms with Gasteiger partial charge in [0.15, 0.2) is 6.10 Å². The first kappa shape index (κ1) is 8.45. The topological polar surface area (TPSA) is 82.6 Å². The van der Waals surface area contributed by atoms with E-state index in [2.05, 4.69) is 9.47 Å². The van der Waals surface area contributed by atoms with Crippen LogP contribution < -0.4 is 0 Å². The summed E-state index contributed by atoms with van der Waals surface area (Å²) in [6.07, 6.45) is -0.292. The third-order valence-electron chi connectivity index (χ3n) is 1.21. The molecule has 0 aromatic heterocycles. The number of carboxylic acids is 1. The van der Waals surface area contributed by atoms with Gasteiger partial charge in [-0.3, -0.25) is 0 Å². The summed E-state index contributed by atoms with van der Waals surface area (Å²) in [6, 6.07) is 0. The quantitative estimate of drug-likeness (QED) is 0.501. The van der Waals surface area contributed by atoms with Crippen molar-refractivity contribution in [2.24, 2.45) is 0 Å². The molecule has 2 aliphatic rings. The van der Waals surface area contributed by atoms with Crippen LogP contribution in [0.5, 0.6) is 0 Å². The molecule has 2 rings (SSSR count). The molecule has 0 aromatic rings. The maximum atomic E-state index is 9.64. The van der Waals surface area contributed by atoms with Gasteiger partial charge in [0.05, 0.1) is 19.8 Å². The largest absolute Gasteiger partial charge is 0.479 e. The Balaban J connectivity index is 0.000000112. The molecule has 5 nitrogen and oxygen atoms in total. The average molecular weight is 162 g/mol. The molecule has 0 spiro atoms. The predicted octanol–water partition coefficient (Wildman–Crippen LogP) is -1.15. The van der Waals surface area contributed by atoms with Crippen LogP contribution in [0.25, 0.3) is 0 Å². The number of rotatable bonds is 2. The van der Waals surface area contributed by atoms with E-state index in [1.54, 1.807) is 0 Å². The number of epoxide rings is 2. The lowest BCUT2D eigenvalue weighted by Gasteiger charge is -1.72. The summed E-state index contributed by atoms with van der Waals surface area (Å²) in [4.78, 5) is 9.64. The van der Waals surface area contributed by atoms with E-state index in [0.29, 0.717) is 6.61 Å². The van der Waals surface area contributed by atoms with E-state index in [1.165, 1.54) is 0 Å². The molecule has 0 bridgehead atoms. The number of aliphatic hydroxyl groups is 1. The molecule has 64 valence electrons. The maximum Gasteiger partial charge on any atom is 0.335 e. The number of carboxylic acid groups (broad SMARTS) is 1. The third-order valence-corrected chi connectivity index (χ3v) is 1.21. The van der Waals surface area contributed by atoms with Gasteiger partial charge < -0.3 is 19.7 Å². The third kappa shape index (κ3) is 3.92. The van der Waals surface area contributed by atoms with Gasteiger partial charge in [0.25, 0.3) is 0 Å². The summed E-state index contributed by atoms with van der Waals surface area (Å²) in [7, 11) is 0. The normalized spacial score (nSPS) is 31.7. The van der Waals surface area contributed by atoms with Crippen molar-refractivity contribution in [2.45, 2.75) is 12.2 Å². The molecule has 2 heterocycles. The molecule has 2 N–H and O–H groups in total. The fraction of sp³-hybridized carbons (Fsp3) is 0.833. The van der Waals surface area contributed by atoms with Gasteiger partial charge in [-0.05, 0) is 0 Å². The van der Waals surface area contributed by atoms with E-state index in [9.17, 15) is 4.79 Å². The second-order valence-corrected chi connectivity index (χ2v) is 2.30. The lowest BCUT2D eigenvalue weighted by Crippen LogP contribution is -2.02. The van der Waals surface area contributed by atoms with Crippen molar-refractivity contribution in [3.05, 3.63) is 0 Å². The number of aliphatic hydroxyl groups excluding tert-OH is 1. The van der Waals surface area contributed by atoms with Crippen molar-refractivity contribution in [3.63, 3.8) is 0 Å². The molecule has 11 heavy (non-hydrogen) atoms. The standard InChI is InChI=1S/C3H4O3.C3H6O2/c4-3(5)2-1-6-2;4-1-3-2-5-3/h2H,1H2,(H,4,5);3-4H,1-2H2/t2-;3-/m01/s1. The van der Waals surface area contributed by atoms with Gasteiger partial charge in [-0.25, -0.2) is 4.79 Å². The van der Waals surface area contributed by atoms with Crippen LogP contribution in [-0.2, 0) is 14.3 Å². The Kier molecular flexibility index (Phi) is 2.81. The molecule has 0 aliphatic carbocycles. The van der Waals surface area contributed by atoms with Crippen molar-refractivity contribution in [3.8, 4) is 0 Å². The summed E-state index contributed by atoms with van der Waals surface area (Å²) in [5.74, 6) is -0.852. The molecule has 2 fully saturated rings. The fourth-order valence-electron chi connectivity index (χ4n) is 0.364. The monoisotopic (exact) mass is 162 g/mol. The van der Waals surface area contributed by atoms with Gasteiger partial charge in [-0.1, -0.05) is 0 Å². The summed E-state index contributed by atoms with van der Waals surface area (Å²) >= 11 is 0. The molecule has 0 unspecified atom stereocenters. The second kappa shape index (κ2) is 3.66. The molecule has 5 heteroatoms. The summed E-state index contributed by atoms with van der Waals surface area (Å²) < 4.78 is 8.98. The maximum absolute atomic E-state index is 9.64. The van der Waals surface area contributed by atoms with Crippen molar-refractivity contribution in [2.75, 3.05) is 19.8 Å². The molecule has 0 aromatic carbocycles. The molecule has 2 atom stereocenters. The highest BCUT2D eigenvalue weighted by molar-refractivity contribution is 5.74. The van der Waals surface area contributed by atoms with Crippen LogP contribution in [0.1, 0.15) is 0 Å². The summed E-state index contributed by atoms with van der Waals surface area (Å²) in [6.45, 7) is 1.35. The highest BCUT2D eigenvalue weighted by Gasteiger charge is 2.30. The van der Waals surface area contributed by atoms with Crippen LogP contribution in [-0.4, -0.2) is 48.2 Å². The second-order valence-electron chi connectivity index (χ2n) is 2.30. The summed E-state index contributed by atoms with van der Waals surface area (Å²) in [5.41, 5.74) is 0. The fourth-order valence-corrected chi connectivity index (χ4v) is 0.364. The molecule has 0 radical (unpaired) electrons. The Morgan fingerprint density at radius 1 is 1.45 bits per heavy atom. The summed E-state index contributed by atoms with van der Waals surface area (Å²) in [5, 5.41) is 16.0. The van der Waals surface area contributed by atoms with Crippen LogP contribution >= 0.6 is 0 Å². The van der Waals surface area contributed by atoms with Gasteiger partial charge in [0.1, 0.15) is 6.10 Å². The number of hydrogen-bond donors (Lipinski definition) is 2. The number of ether oxygens (including phenoxy) is 2. The zero-order chi connectivity index (χ0) is 8.27. The van der Waals surface area contributed by atoms with Gasteiger partial charge in [-0.2, -0.15) is 0 Å². The molecule has 0 saturated carbocycles. The zero-order valence-corrected chi connectivity index (χ0v) is 5.90. The SMILES string of the molecule is O=C(O)[C@@H]1CO1.OC[C@@H]1CO1. The first-order chi connectivity index (χ1) is 5.24. The lowest BCUT2D eigenvalue weighted by atomic mass is 10.5. The van der Waals surface area contributed by atoms with E-state index in [0.717, 1.165) is 6.61 Å². The Hall–Kier alpha value is -0.650. The average Bonchev–Trinajstić information content (AvgIpc) is 2.86. The van der Waals surface area contributed by atoms with Crippen molar-refractivity contribution in [1.82, 2.24) is 0 Å². The molecular weight excluding hydrogens is 152 g/mol. The van der Waals surface area contributed by atoms with Gasteiger partial charge in [-0.15, -0.1) is 0 Å². The van der Waals surface area contributed by atoms with E-state index in [-0.39, 0.29) is 12.7 Å². The van der Waals surface area contributed by atoms with Gasteiger partial charge >= 0.3 is 5.97 Å². The van der Waals surface area contributed by atoms with E-state index in [4.69, 9.17) is 10.2 Å². The highest BCUT2D eigenvalue weighted by atomic mass is 16.6. The van der Waals surface area contributed by atoms with E-state index >= 15 is 0 Å². The van der Waals surface area contributed by atoms with Crippen LogP contribution in [0, 0.1) is 0 Å². The Bertz CT molecular complexity index is 138. The highest BCUT2D eigenvalue weighted by Crippen LogP contribution is 2.06. The number of hydrogen-bond acceptors (Lipinski definition) is 4. The van der Waals surface area contributed by atoms with Crippen LogP contribution in [0.2, 0.25) is 0 Å². The van der Waals surface area contributed by atoms with E-state index < -0.39 is 12.1 Å². The van der Waals surface area contributed by atoms with Crippen molar-refractivity contribution < 1.29 is 24.5 Å². The lowest BCUT2D eigenvalue weighted by molar-refractivity contribution is -0.138. The van der Waals surface area contributed by atoms with Gasteiger partial charge in [0, 0.05) is 0 Å². The molecule has 0 amide bonds. The Morgan fingerprint density at radius 2 is 2.00 bits per heavy atom. The molecule has 2 saturated heterocycles. The van der Waals surface area contributed by atoms with Crippen LogP contribution in [0.3, 0.4) is 0 Å². The van der Waals surface area contributed by atoms with Crippen molar-refractivity contribution >= 4 is 5.97 Å². The van der Waals surface area contributed by atoms with E-state index in [1.807, 2.05) is 0 Å². The number of carbonyl (C=O) groups is 1. The number of aliphatic carboxylic acids is 1. The minimum absolute atomic E-state index is 0.190. The molecule has 2 aliphatic heterocycles. The Labute approximate surface area is 63.5 Å². The molecular formula is C6H10O5. The minimum Gasteiger partial charge on any atom is -0.479 e. The minimum atomic E-state index is -0.852. The predicted molar refractivity (Wildman–Crippen MR) is 34.2 cm³/mol. The first-order valence-electron chi connectivity index (χ1n) is 3.31. The van der Waals surface area contributed by atoms with Crippen LogP contribution in [0.15, 0.2) is 0 Å².